The second-order valence-corrected chi connectivity index (χ2v) is 5.05. The van der Waals surface area contributed by atoms with Crippen LogP contribution in [0.2, 0.25) is 0 Å². The van der Waals surface area contributed by atoms with Crippen LogP contribution in [0.25, 0.3) is 0 Å². The molecule has 1 amide bonds. The lowest BCUT2D eigenvalue weighted by Crippen LogP contribution is -2.36. The Bertz CT molecular complexity index is 262. The van der Waals surface area contributed by atoms with Gasteiger partial charge in [0, 0.05) is 11.9 Å². The maximum Gasteiger partial charge on any atom is 0.406 e. The molecule has 1 N–H and O–H groups in total. The molecule has 0 spiro atoms. The predicted molar refractivity (Wildman–Crippen MR) is 68.4 cm³/mol. The molecule has 19 heavy (non-hydrogen) atoms. The number of hydrogen-bond acceptors (Lipinski definition) is 2. The van der Waals surface area contributed by atoms with E-state index in [1.54, 1.807) is 0 Å². The summed E-state index contributed by atoms with van der Waals surface area (Å²) >= 11 is 5.96. The molecule has 0 saturated heterocycles. The molecule has 0 saturated carbocycles. The number of rotatable bonds is 8. The number of ether oxygens (including phenoxy) is 1. The average Bonchev–Trinajstić information content (AvgIpc) is 2.31. The van der Waals surface area contributed by atoms with Crippen molar-refractivity contribution in [3.05, 3.63) is 0 Å². The van der Waals surface area contributed by atoms with Crippen LogP contribution in [0.5, 0.6) is 0 Å². The SMILES string of the molecule is CCCC(Cl)CCCC(CNC(=O)OC)C(F)(F)F. The van der Waals surface area contributed by atoms with E-state index in [1.807, 2.05) is 6.92 Å². The van der Waals surface area contributed by atoms with Gasteiger partial charge in [-0.15, -0.1) is 11.6 Å². The zero-order chi connectivity index (χ0) is 14.9. The second kappa shape index (κ2) is 9.28. The third-order valence-electron chi connectivity index (χ3n) is 2.81. The molecule has 2 atom stereocenters. The molecule has 0 aromatic carbocycles. The number of amides is 1. The van der Waals surface area contributed by atoms with E-state index in [9.17, 15) is 18.0 Å². The van der Waals surface area contributed by atoms with Crippen LogP contribution in [-0.2, 0) is 4.74 Å². The van der Waals surface area contributed by atoms with Crippen molar-refractivity contribution in [2.75, 3.05) is 13.7 Å². The Morgan fingerprint density at radius 2 is 1.95 bits per heavy atom. The summed E-state index contributed by atoms with van der Waals surface area (Å²) in [6, 6.07) is 0. The van der Waals surface area contributed by atoms with Gasteiger partial charge in [0.1, 0.15) is 0 Å². The van der Waals surface area contributed by atoms with Gasteiger partial charge in [0.2, 0.25) is 0 Å². The molecule has 0 radical (unpaired) electrons. The fourth-order valence-corrected chi connectivity index (χ4v) is 2.08. The summed E-state index contributed by atoms with van der Waals surface area (Å²) in [4.78, 5) is 10.8. The summed E-state index contributed by atoms with van der Waals surface area (Å²) < 4.78 is 42.4. The molecule has 2 unspecified atom stereocenters. The van der Waals surface area contributed by atoms with E-state index in [0.717, 1.165) is 20.0 Å². The van der Waals surface area contributed by atoms with E-state index in [4.69, 9.17) is 11.6 Å². The van der Waals surface area contributed by atoms with Crippen LogP contribution in [0.3, 0.4) is 0 Å². The minimum absolute atomic E-state index is 0.0412. The molecule has 3 nitrogen and oxygen atoms in total. The summed E-state index contributed by atoms with van der Waals surface area (Å²) in [5.41, 5.74) is 0. The van der Waals surface area contributed by atoms with Crippen molar-refractivity contribution in [2.45, 2.75) is 50.6 Å². The highest BCUT2D eigenvalue weighted by molar-refractivity contribution is 6.20. The number of methoxy groups -OCH3 is 1. The van der Waals surface area contributed by atoms with E-state index in [2.05, 4.69) is 10.1 Å². The Kier molecular flexibility index (Phi) is 8.97. The van der Waals surface area contributed by atoms with Crippen molar-refractivity contribution >= 4 is 17.7 Å². The van der Waals surface area contributed by atoms with Crippen molar-refractivity contribution in [1.29, 1.82) is 0 Å². The van der Waals surface area contributed by atoms with Gasteiger partial charge in [-0.25, -0.2) is 4.79 Å². The molecule has 0 rings (SSSR count). The molecule has 114 valence electrons. The smallest absolute Gasteiger partial charge is 0.406 e. The van der Waals surface area contributed by atoms with Gasteiger partial charge in [0.05, 0.1) is 13.0 Å². The summed E-state index contributed by atoms with van der Waals surface area (Å²) in [7, 11) is 1.11. The lowest BCUT2D eigenvalue weighted by Gasteiger charge is -2.20. The van der Waals surface area contributed by atoms with Crippen LogP contribution < -0.4 is 5.32 Å². The molecular formula is C12H21ClF3NO2. The van der Waals surface area contributed by atoms with Crippen LogP contribution >= 0.6 is 11.6 Å². The van der Waals surface area contributed by atoms with Gasteiger partial charge >= 0.3 is 12.3 Å². The molecule has 0 bridgehead atoms. The molecule has 0 aliphatic carbocycles. The maximum atomic E-state index is 12.7. The van der Waals surface area contributed by atoms with Crippen molar-refractivity contribution in [3.63, 3.8) is 0 Å². The number of alkyl carbamates (subject to hydrolysis) is 1. The summed E-state index contributed by atoms with van der Waals surface area (Å²) in [5.74, 6) is -1.56. The first-order valence-corrected chi connectivity index (χ1v) is 6.77. The lowest BCUT2D eigenvalue weighted by atomic mass is 9.99. The standard InChI is InChI=1S/C12H21ClF3NO2/c1-3-5-10(13)7-4-6-9(12(14,15)16)8-17-11(18)19-2/h9-10H,3-8H2,1-2H3,(H,17,18). The first-order chi connectivity index (χ1) is 8.81. The van der Waals surface area contributed by atoms with Gasteiger partial charge in [0.15, 0.2) is 0 Å². The van der Waals surface area contributed by atoms with E-state index >= 15 is 0 Å². The normalized spacial score (nSPS) is 14.8. The molecule has 0 fully saturated rings. The van der Waals surface area contributed by atoms with Crippen molar-refractivity contribution < 1.29 is 22.7 Å². The molecule has 0 aliphatic rings. The average molecular weight is 304 g/mol. The Morgan fingerprint density at radius 1 is 1.32 bits per heavy atom. The van der Waals surface area contributed by atoms with Gasteiger partial charge in [-0.05, 0) is 19.3 Å². The first kappa shape index (κ1) is 18.4. The summed E-state index contributed by atoms with van der Waals surface area (Å²) in [6.07, 6.45) is -2.55. The van der Waals surface area contributed by atoms with Crippen molar-refractivity contribution in [1.82, 2.24) is 5.32 Å². The largest absolute Gasteiger partial charge is 0.453 e. The Balaban J connectivity index is 4.11. The third-order valence-corrected chi connectivity index (χ3v) is 3.25. The highest BCUT2D eigenvalue weighted by Crippen LogP contribution is 2.30. The number of carbonyl (C=O) groups excluding carboxylic acids is 1. The maximum absolute atomic E-state index is 12.7. The summed E-state index contributed by atoms with van der Waals surface area (Å²) in [6.45, 7) is 1.52. The zero-order valence-electron chi connectivity index (χ0n) is 11.2. The first-order valence-electron chi connectivity index (χ1n) is 6.33. The van der Waals surface area contributed by atoms with Crippen LogP contribution in [-0.4, -0.2) is 31.3 Å². The highest BCUT2D eigenvalue weighted by Gasteiger charge is 2.39. The molecule has 0 aliphatic heterocycles. The molecular weight excluding hydrogens is 283 g/mol. The van der Waals surface area contributed by atoms with E-state index < -0.39 is 24.7 Å². The minimum atomic E-state index is -4.33. The molecule has 7 heteroatoms. The van der Waals surface area contributed by atoms with Crippen molar-refractivity contribution in [2.24, 2.45) is 5.92 Å². The van der Waals surface area contributed by atoms with Gasteiger partial charge in [0.25, 0.3) is 0 Å². The highest BCUT2D eigenvalue weighted by atomic mass is 35.5. The number of carbonyl (C=O) groups is 1. The fraction of sp³-hybridized carbons (Fsp3) is 0.917. The van der Waals surface area contributed by atoms with E-state index in [-0.39, 0.29) is 11.8 Å². The molecule has 0 aromatic rings. The van der Waals surface area contributed by atoms with Gasteiger partial charge in [-0.3, -0.25) is 0 Å². The van der Waals surface area contributed by atoms with Crippen molar-refractivity contribution in [3.8, 4) is 0 Å². The molecule has 0 aromatic heterocycles. The predicted octanol–water partition coefficient (Wildman–Crippen LogP) is 4.10. The monoisotopic (exact) mass is 303 g/mol. The summed E-state index contributed by atoms with van der Waals surface area (Å²) in [5, 5.41) is 2.01. The zero-order valence-corrected chi connectivity index (χ0v) is 12.0. The van der Waals surface area contributed by atoms with Gasteiger partial charge in [-0.1, -0.05) is 19.8 Å². The van der Waals surface area contributed by atoms with Crippen LogP contribution in [0, 0.1) is 5.92 Å². The Labute approximate surface area is 116 Å². The minimum Gasteiger partial charge on any atom is -0.453 e. The van der Waals surface area contributed by atoms with Crippen LogP contribution in [0.4, 0.5) is 18.0 Å². The third kappa shape index (κ3) is 8.97. The number of hydrogen-bond donors (Lipinski definition) is 1. The lowest BCUT2D eigenvalue weighted by molar-refractivity contribution is -0.174. The van der Waals surface area contributed by atoms with Crippen LogP contribution in [0.1, 0.15) is 39.0 Å². The van der Waals surface area contributed by atoms with E-state index in [1.165, 1.54) is 0 Å². The molecule has 0 heterocycles. The van der Waals surface area contributed by atoms with E-state index in [0.29, 0.717) is 12.8 Å². The quantitative estimate of drug-likeness (QED) is 0.686. The number of nitrogens with one attached hydrogen (secondary N) is 1. The van der Waals surface area contributed by atoms with Crippen LogP contribution in [0.15, 0.2) is 0 Å². The van der Waals surface area contributed by atoms with Gasteiger partial charge < -0.3 is 10.1 Å². The second-order valence-electron chi connectivity index (χ2n) is 4.43. The van der Waals surface area contributed by atoms with Gasteiger partial charge in [-0.2, -0.15) is 13.2 Å². The Morgan fingerprint density at radius 3 is 2.42 bits per heavy atom. The Hall–Kier alpha value is -0.650. The number of alkyl halides is 4. The topological polar surface area (TPSA) is 38.3 Å². The fourth-order valence-electron chi connectivity index (χ4n) is 1.70. The number of halogens is 4.